The number of pyridine rings is 1. The van der Waals surface area contributed by atoms with E-state index in [0.29, 0.717) is 28.1 Å². The van der Waals surface area contributed by atoms with E-state index in [-0.39, 0.29) is 40.6 Å². The summed E-state index contributed by atoms with van der Waals surface area (Å²) >= 11 is 0. The molecule has 4 heterocycles. The molecule has 0 unspecified atom stereocenters. The molecule has 0 atom stereocenters. The minimum absolute atomic E-state index is 0.0828. The van der Waals surface area contributed by atoms with E-state index in [4.69, 9.17) is 0 Å². The first-order valence-electron chi connectivity index (χ1n) is 11.4. The molecule has 1 fully saturated rings. The molecule has 4 aromatic rings. The van der Waals surface area contributed by atoms with Crippen LogP contribution in [-0.4, -0.2) is 49.1 Å². The summed E-state index contributed by atoms with van der Waals surface area (Å²) in [4.78, 5) is 50.6. The summed E-state index contributed by atoms with van der Waals surface area (Å²) < 4.78 is 24.8. The van der Waals surface area contributed by atoms with Crippen LogP contribution in [-0.2, 0) is 16.4 Å². The molecule has 1 aliphatic carbocycles. The van der Waals surface area contributed by atoms with Gasteiger partial charge in [0.1, 0.15) is 11.1 Å². The SMILES string of the molecule is CC(C)n1c(=O)c(NCc2ccc(S(C)(=O)=O)cn2)nc2cnc(-c3c(C4CC4)nc[nH]c3=O)nc21. The van der Waals surface area contributed by atoms with Crippen LogP contribution in [0.5, 0.6) is 0 Å². The van der Waals surface area contributed by atoms with Crippen molar-refractivity contribution in [2.45, 2.75) is 50.1 Å². The highest BCUT2D eigenvalue weighted by atomic mass is 32.2. The number of nitrogens with zero attached hydrogens (tertiary/aromatic N) is 6. The smallest absolute Gasteiger partial charge is 0.295 e. The number of nitrogens with one attached hydrogen (secondary N) is 2. The molecule has 0 bridgehead atoms. The Labute approximate surface area is 205 Å². The molecule has 0 saturated heterocycles. The minimum atomic E-state index is -3.35. The maximum absolute atomic E-state index is 13.3. The van der Waals surface area contributed by atoms with Gasteiger partial charge in [0, 0.05) is 24.4 Å². The molecule has 2 N–H and O–H groups in total. The second-order valence-electron chi connectivity index (χ2n) is 9.01. The number of aromatic nitrogens is 7. The van der Waals surface area contributed by atoms with Gasteiger partial charge in [0.25, 0.3) is 11.1 Å². The molecule has 0 spiro atoms. The van der Waals surface area contributed by atoms with E-state index in [1.165, 1.54) is 29.4 Å². The first kappa shape index (κ1) is 23.7. The van der Waals surface area contributed by atoms with E-state index < -0.39 is 15.4 Å². The summed E-state index contributed by atoms with van der Waals surface area (Å²) in [7, 11) is -3.35. The Bertz CT molecular complexity index is 1690. The molecule has 0 aromatic carbocycles. The molecule has 12 nitrogen and oxygen atoms in total. The highest BCUT2D eigenvalue weighted by Gasteiger charge is 2.30. The fourth-order valence-corrected chi connectivity index (χ4v) is 4.48. The van der Waals surface area contributed by atoms with Crippen molar-refractivity contribution in [2.75, 3.05) is 11.6 Å². The van der Waals surface area contributed by atoms with Gasteiger partial charge in [-0.3, -0.25) is 19.1 Å². The van der Waals surface area contributed by atoms with Crippen molar-refractivity contribution in [1.82, 2.24) is 34.5 Å². The van der Waals surface area contributed by atoms with Crippen LogP contribution >= 0.6 is 0 Å². The van der Waals surface area contributed by atoms with E-state index in [1.54, 1.807) is 6.07 Å². The molecular weight excluding hydrogens is 484 g/mol. The Balaban J connectivity index is 1.53. The number of H-pyrrole nitrogens is 1. The molecule has 0 radical (unpaired) electrons. The van der Waals surface area contributed by atoms with Crippen LogP contribution in [0.3, 0.4) is 0 Å². The van der Waals surface area contributed by atoms with Crippen molar-refractivity contribution >= 4 is 26.8 Å². The molecular formula is C23H24N8O4S. The molecule has 0 aliphatic heterocycles. The van der Waals surface area contributed by atoms with Crippen molar-refractivity contribution in [3.05, 3.63) is 62.9 Å². The number of rotatable bonds is 7. The number of fused-ring (bicyclic) bond motifs is 1. The van der Waals surface area contributed by atoms with E-state index in [0.717, 1.165) is 19.1 Å². The van der Waals surface area contributed by atoms with Crippen LogP contribution in [0.15, 0.2) is 45.3 Å². The van der Waals surface area contributed by atoms with Gasteiger partial charge < -0.3 is 10.3 Å². The number of sulfone groups is 1. The van der Waals surface area contributed by atoms with Gasteiger partial charge in [-0.05, 0) is 38.8 Å². The maximum atomic E-state index is 13.3. The molecule has 0 amide bonds. The lowest BCUT2D eigenvalue weighted by Gasteiger charge is -2.16. The predicted molar refractivity (Wildman–Crippen MR) is 132 cm³/mol. The van der Waals surface area contributed by atoms with Gasteiger partial charge >= 0.3 is 0 Å². The third-order valence-electron chi connectivity index (χ3n) is 5.88. The summed E-state index contributed by atoms with van der Waals surface area (Å²) in [5.74, 6) is 0.489. The summed E-state index contributed by atoms with van der Waals surface area (Å²) in [6.45, 7) is 3.86. The van der Waals surface area contributed by atoms with Gasteiger partial charge in [0.05, 0.1) is 35.4 Å². The monoisotopic (exact) mass is 508 g/mol. The molecule has 1 aliphatic rings. The van der Waals surface area contributed by atoms with Crippen LogP contribution in [0.4, 0.5) is 5.82 Å². The molecule has 5 rings (SSSR count). The Morgan fingerprint density at radius 3 is 2.53 bits per heavy atom. The molecule has 186 valence electrons. The van der Waals surface area contributed by atoms with Crippen molar-refractivity contribution in [3.63, 3.8) is 0 Å². The van der Waals surface area contributed by atoms with Crippen LogP contribution in [0.1, 0.15) is 50.0 Å². The Morgan fingerprint density at radius 1 is 1.11 bits per heavy atom. The standard InChI is InChI=1S/C23H24N8O4S/c1-12(2)31-21-16(10-26-19(30-21)17-18(13-4-5-13)27-11-28-22(17)32)29-20(23(31)33)25-8-14-6-7-15(9-24-14)36(3,34)35/h6-7,9-13H,4-5,8H2,1-3H3,(H,25,29)(H,27,28,32). The van der Waals surface area contributed by atoms with E-state index >= 15 is 0 Å². The fourth-order valence-electron chi connectivity index (χ4n) is 3.92. The van der Waals surface area contributed by atoms with Crippen LogP contribution < -0.4 is 16.4 Å². The van der Waals surface area contributed by atoms with Crippen molar-refractivity contribution in [3.8, 4) is 11.4 Å². The first-order chi connectivity index (χ1) is 17.1. The topological polar surface area (TPSA) is 165 Å². The third kappa shape index (κ3) is 4.49. The zero-order valence-corrected chi connectivity index (χ0v) is 20.7. The molecule has 1 saturated carbocycles. The van der Waals surface area contributed by atoms with Gasteiger partial charge in [-0.2, -0.15) is 0 Å². The first-order valence-corrected chi connectivity index (χ1v) is 13.3. The average Bonchev–Trinajstić information content (AvgIpc) is 3.67. The Hall–Kier alpha value is -4.00. The molecule has 36 heavy (non-hydrogen) atoms. The average molecular weight is 509 g/mol. The van der Waals surface area contributed by atoms with E-state index in [1.807, 2.05) is 13.8 Å². The zero-order chi connectivity index (χ0) is 25.6. The lowest BCUT2D eigenvalue weighted by Crippen LogP contribution is -2.28. The van der Waals surface area contributed by atoms with Crippen LogP contribution in [0.2, 0.25) is 0 Å². The van der Waals surface area contributed by atoms with Gasteiger partial charge in [-0.25, -0.2) is 28.4 Å². The largest absolute Gasteiger partial charge is 0.360 e. The van der Waals surface area contributed by atoms with Crippen molar-refractivity contribution in [1.29, 1.82) is 0 Å². The highest BCUT2D eigenvalue weighted by Crippen LogP contribution is 2.41. The van der Waals surface area contributed by atoms with Gasteiger partial charge in [0.2, 0.25) is 0 Å². The Morgan fingerprint density at radius 2 is 1.89 bits per heavy atom. The van der Waals surface area contributed by atoms with Crippen LogP contribution in [0.25, 0.3) is 22.6 Å². The van der Waals surface area contributed by atoms with Crippen LogP contribution in [0, 0.1) is 0 Å². The highest BCUT2D eigenvalue weighted by molar-refractivity contribution is 7.90. The van der Waals surface area contributed by atoms with Gasteiger partial charge in [-0.1, -0.05) is 0 Å². The lowest BCUT2D eigenvalue weighted by molar-refractivity contribution is 0.593. The fraction of sp³-hybridized carbons (Fsp3) is 0.348. The minimum Gasteiger partial charge on any atom is -0.360 e. The third-order valence-corrected chi connectivity index (χ3v) is 6.98. The number of aromatic amines is 1. The maximum Gasteiger partial charge on any atom is 0.295 e. The number of anilines is 1. The summed E-state index contributed by atoms with van der Waals surface area (Å²) in [5, 5.41) is 2.99. The van der Waals surface area contributed by atoms with Crippen molar-refractivity contribution in [2.24, 2.45) is 0 Å². The van der Waals surface area contributed by atoms with E-state index in [2.05, 4.69) is 35.2 Å². The lowest BCUT2D eigenvalue weighted by atomic mass is 10.1. The number of hydrogen-bond acceptors (Lipinski definition) is 10. The summed E-state index contributed by atoms with van der Waals surface area (Å²) in [6, 6.07) is 2.78. The molecule has 4 aromatic heterocycles. The predicted octanol–water partition coefficient (Wildman–Crippen LogP) is 1.81. The summed E-state index contributed by atoms with van der Waals surface area (Å²) in [6.07, 6.45) is 7.17. The van der Waals surface area contributed by atoms with Crippen molar-refractivity contribution < 1.29 is 8.42 Å². The second-order valence-corrected chi connectivity index (χ2v) is 11.0. The zero-order valence-electron chi connectivity index (χ0n) is 19.9. The van der Waals surface area contributed by atoms with Gasteiger partial charge in [-0.15, -0.1) is 0 Å². The molecule has 13 heteroatoms. The summed E-state index contributed by atoms with van der Waals surface area (Å²) in [5.41, 5.74) is 1.49. The van der Waals surface area contributed by atoms with Gasteiger partial charge in [0.15, 0.2) is 27.1 Å². The normalized spacial score (nSPS) is 13.9. The Kier molecular flexibility index (Phi) is 5.86. The van der Waals surface area contributed by atoms with E-state index in [9.17, 15) is 18.0 Å². The quantitative estimate of drug-likeness (QED) is 0.376. The second kappa shape index (κ2) is 8.90. The number of hydrogen-bond donors (Lipinski definition) is 2.